The Morgan fingerprint density at radius 1 is 1.28 bits per heavy atom. The third-order valence-corrected chi connectivity index (χ3v) is 6.66. The zero-order valence-electron chi connectivity index (χ0n) is 16.4. The molecule has 1 aromatic carbocycles. The van der Waals surface area contributed by atoms with Crippen molar-refractivity contribution >= 4 is 33.3 Å². The highest BCUT2D eigenvalue weighted by molar-refractivity contribution is 7.17. The molecule has 1 aliphatic carbocycles. The lowest BCUT2D eigenvalue weighted by Crippen LogP contribution is -2.12. The van der Waals surface area contributed by atoms with Crippen molar-refractivity contribution in [3.8, 4) is 11.4 Å². The summed E-state index contributed by atoms with van der Waals surface area (Å²) < 4.78 is 1.76. The Morgan fingerprint density at radius 2 is 2.14 bits per heavy atom. The Hall–Kier alpha value is -2.93. The number of hydrogen-bond donors (Lipinski definition) is 2. The van der Waals surface area contributed by atoms with Gasteiger partial charge in [0.2, 0.25) is 5.91 Å². The molecule has 6 nitrogen and oxygen atoms in total. The van der Waals surface area contributed by atoms with Crippen LogP contribution in [0.3, 0.4) is 0 Å². The number of aromatic amines is 1. The number of rotatable bonds is 5. The van der Waals surface area contributed by atoms with E-state index >= 15 is 0 Å². The number of aromatic nitrogens is 4. The average Bonchev–Trinajstić information content (AvgIpc) is 3.41. The van der Waals surface area contributed by atoms with E-state index < -0.39 is 0 Å². The second-order valence-electron chi connectivity index (χ2n) is 7.59. The van der Waals surface area contributed by atoms with Gasteiger partial charge in [0.25, 0.3) is 0 Å². The van der Waals surface area contributed by atoms with E-state index in [4.69, 9.17) is 4.98 Å². The van der Waals surface area contributed by atoms with Crippen LogP contribution >= 0.6 is 11.3 Å². The third-order valence-electron chi connectivity index (χ3n) is 5.45. The molecule has 0 radical (unpaired) electrons. The highest BCUT2D eigenvalue weighted by atomic mass is 32.1. The van der Waals surface area contributed by atoms with Crippen molar-refractivity contribution in [2.45, 2.75) is 38.5 Å². The van der Waals surface area contributed by atoms with Crippen LogP contribution in [0.15, 0.2) is 36.7 Å². The van der Waals surface area contributed by atoms with Crippen molar-refractivity contribution in [3.63, 3.8) is 0 Å². The quantitative estimate of drug-likeness (QED) is 0.514. The molecule has 0 unspecified atom stereocenters. The summed E-state index contributed by atoms with van der Waals surface area (Å²) in [5, 5.41) is 8.28. The van der Waals surface area contributed by atoms with E-state index in [0.29, 0.717) is 12.8 Å². The summed E-state index contributed by atoms with van der Waals surface area (Å²) >= 11 is 1.71. The molecule has 0 fully saturated rings. The summed E-state index contributed by atoms with van der Waals surface area (Å²) in [6.45, 7) is 0. The van der Waals surface area contributed by atoms with E-state index in [1.165, 1.54) is 23.3 Å². The summed E-state index contributed by atoms with van der Waals surface area (Å²) in [5.41, 5.74) is 5.48. The molecule has 4 aromatic rings. The number of carbonyl (C=O) groups is 1. The van der Waals surface area contributed by atoms with Gasteiger partial charge in [0.1, 0.15) is 10.8 Å². The van der Waals surface area contributed by atoms with Gasteiger partial charge in [0.15, 0.2) is 0 Å². The van der Waals surface area contributed by atoms with Crippen molar-refractivity contribution in [2.24, 2.45) is 7.05 Å². The highest BCUT2D eigenvalue weighted by Crippen LogP contribution is 2.43. The molecule has 5 rings (SSSR count). The standard InChI is InChI=1S/C22H23N5OS/c1-27-13-14(12-23-27)10-11-19(28)26-22-20(15-6-2-5-9-18(15)29-22)21-24-16-7-3-4-8-17(16)25-21/h3-4,7-8,12-13H,2,5-6,9-11H2,1H3,(H,24,25)(H,26,28). The topological polar surface area (TPSA) is 75.6 Å². The number of fused-ring (bicyclic) bond motifs is 2. The summed E-state index contributed by atoms with van der Waals surface area (Å²) in [6.07, 6.45) is 9.42. The Kier molecular flexibility index (Phi) is 4.67. The maximum atomic E-state index is 12.7. The number of H-pyrrole nitrogens is 1. The minimum Gasteiger partial charge on any atom is -0.338 e. The monoisotopic (exact) mass is 405 g/mol. The fourth-order valence-corrected chi connectivity index (χ4v) is 5.33. The Labute approximate surface area is 173 Å². The molecular formula is C22H23N5OS. The van der Waals surface area contributed by atoms with E-state index in [1.807, 2.05) is 43.7 Å². The number of hydrogen-bond acceptors (Lipinski definition) is 4. The van der Waals surface area contributed by atoms with Gasteiger partial charge >= 0.3 is 0 Å². The number of imidazole rings is 1. The molecule has 0 saturated carbocycles. The molecule has 0 saturated heterocycles. The van der Waals surface area contributed by atoms with Crippen LogP contribution in [-0.4, -0.2) is 25.7 Å². The second kappa shape index (κ2) is 7.48. The van der Waals surface area contributed by atoms with Gasteiger partial charge in [-0.3, -0.25) is 9.48 Å². The Balaban J connectivity index is 1.44. The number of aryl methyl sites for hydroxylation is 3. The zero-order chi connectivity index (χ0) is 19.8. The van der Waals surface area contributed by atoms with E-state index in [1.54, 1.807) is 16.0 Å². The molecule has 0 atom stereocenters. The molecule has 148 valence electrons. The predicted octanol–water partition coefficient (Wildman–Crippen LogP) is 4.48. The van der Waals surface area contributed by atoms with Gasteiger partial charge in [0.05, 0.1) is 22.8 Å². The van der Waals surface area contributed by atoms with Crippen LogP contribution in [0.1, 0.15) is 35.3 Å². The van der Waals surface area contributed by atoms with Crippen molar-refractivity contribution in [2.75, 3.05) is 5.32 Å². The zero-order valence-corrected chi connectivity index (χ0v) is 17.2. The summed E-state index contributed by atoms with van der Waals surface area (Å²) in [7, 11) is 1.89. The fourth-order valence-electron chi connectivity index (χ4n) is 4.02. The summed E-state index contributed by atoms with van der Waals surface area (Å²) in [4.78, 5) is 22.4. The predicted molar refractivity (Wildman–Crippen MR) is 116 cm³/mol. The number of nitrogens with one attached hydrogen (secondary N) is 2. The first-order valence-corrected chi connectivity index (χ1v) is 10.9. The van der Waals surface area contributed by atoms with E-state index in [9.17, 15) is 4.79 Å². The minimum atomic E-state index is 0.0322. The first kappa shape index (κ1) is 18.1. The second-order valence-corrected chi connectivity index (χ2v) is 8.69. The van der Waals surface area contributed by atoms with Gasteiger partial charge < -0.3 is 10.3 Å². The molecule has 1 amide bonds. The van der Waals surface area contributed by atoms with E-state index in [0.717, 1.165) is 45.8 Å². The third kappa shape index (κ3) is 3.58. The lowest BCUT2D eigenvalue weighted by molar-refractivity contribution is -0.116. The molecule has 2 N–H and O–H groups in total. The van der Waals surface area contributed by atoms with Crippen LogP contribution < -0.4 is 5.32 Å². The van der Waals surface area contributed by atoms with Crippen molar-refractivity contribution in [1.82, 2.24) is 19.7 Å². The number of para-hydroxylation sites is 2. The number of anilines is 1. The minimum absolute atomic E-state index is 0.0322. The maximum absolute atomic E-state index is 12.7. The van der Waals surface area contributed by atoms with Crippen LogP contribution in [0.2, 0.25) is 0 Å². The molecule has 29 heavy (non-hydrogen) atoms. The lowest BCUT2D eigenvalue weighted by Gasteiger charge is -2.12. The number of benzene rings is 1. The number of amides is 1. The Morgan fingerprint density at radius 3 is 2.97 bits per heavy atom. The SMILES string of the molecule is Cn1cc(CCC(=O)Nc2sc3c(c2-c2nc4ccccc4[nH]2)CCCC3)cn1. The van der Waals surface area contributed by atoms with Gasteiger partial charge in [0, 0.05) is 24.5 Å². The van der Waals surface area contributed by atoms with Crippen molar-refractivity contribution in [1.29, 1.82) is 0 Å². The number of nitrogens with zero attached hydrogens (tertiary/aromatic N) is 3. The highest BCUT2D eigenvalue weighted by Gasteiger charge is 2.25. The average molecular weight is 406 g/mol. The largest absolute Gasteiger partial charge is 0.338 e. The van der Waals surface area contributed by atoms with Gasteiger partial charge in [-0.25, -0.2) is 4.98 Å². The van der Waals surface area contributed by atoms with Gasteiger partial charge in [-0.2, -0.15) is 5.10 Å². The molecule has 0 bridgehead atoms. The number of thiophene rings is 1. The summed E-state index contributed by atoms with van der Waals surface area (Å²) in [6, 6.07) is 8.06. The van der Waals surface area contributed by atoms with Crippen LogP contribution in [0, 0.1) is 0 Å². The molecule has 0 spiro atoms. The van der Waals surface area contributed by atoms with Crippen LogP contribution in [-0.2, 0) is 31.1 Å². The molecule has 0 aliphatic heterocycles. The first-order valence-electron chi connectivity index (χ1n) is 10.0. The molecule has 1 aliphatic rings. The van der Waals surface area contributed by atoms with Crippen LogP contribution in [0.5, 0.6) is 0 Å². The fraction of sp³-hybridized carbons (Fsp3) is 0.318. The maximum Gasteiger partial charge on any atom is 0.225 e. The lowest BCUT2D eigenvalue weighted by atomic mass is 9.95. The van der Waals surface area contributed by atoms with Crippen molar-refractivity contribution in [3.05, 3.63) is 52.7 Å². The van der Waals surface area contributed by atoms with Gasteiger partial charge in [-0.15, -0.1) is 11.3 Å². The first-order chi connectivity index (χ1) is 14.2. The Bertz CT molecular complexity index is 1150. The van der Waals surface area contributed by atoms with Gasteiger partial charge in [-0.05, 0) is 55.4 Å². The molecular weight excluding hydrogens is 382 g/mol. The van der Waals surface area contributed by atoms with Crippen LogP contribution in [0.4, 0.5) is 5.00 Å². The van der Waals surface area contributed by atoms with Crippen LogP contribution in [0.25, 0.3) is 22.4 Å². The normalized spacial score (nSPS) is 13.6. The van der Waals surface area contributed by atoms with E-state index in [2.05, 4.69) is 15.4 Å². The number of carbonyl (C=O) groups excluding carboxylic acids is 1. The van der Waals surface area contributed by atoms with E-state index in [-0.39, 0.29) is 5.91 Å². The smallest absolute Gasteiger partial charge is 0.225 e. The molecule has 7 heteroatoms. The molecule has 3 aromatic heterocycles. The summed E-state index contributed by atoms with van der Waals surface area (Å²) in [5.74, 6) is 0.887. The molecule has 3 heterocycles. The van der Waals surface area contributed by atoms with Crippen molar-refractivity contribution < 1.29 is 4.79 Å². The van der Waals surface area contributed by atoms with Gasteiger partial charge in [-0.1, -0.05) is 12.1 Å².